The highest BCUT2D eigenvalue weighted by atomic mass is 15.7. The van der Waals surface area contributed by atoms with Gasteiger partial charge in [0, 0.05) is 18.1 Å². The molecule has 2 rings (SSSR count). The van der Waals surface area contributed by atoms with Crippen molar-refractivity contribution in [2.75, 3.05) is 10.5 Å². The third-order valence-electron chi connectivity index (χ3n) is 1.78. The van der Waals surface area contributed by atoms with Crippen LogP contribution in [-0.2, 0) is 0 Å². The van der Waals surface area contributed by atoms with Crippen LogP contribution in [0.5, 0.6) is 0 Å². The minimum Gasteiger partial charge on any atom is -0.324 e. The van der Waals surface area contributed by atoms with Crippen molar-refractivity contribution in [3.63, 3.8) is 0 Å². The number of hydrazine groups is 3. The third kappa shape index (κ3) is 1.50. The second kappa shape index (κ2) is 3.24. The van der Waals surface area contributed by atoms with Crippen molar-refractivity contribution >= 4 is 11.4 Å². The Bertz CT molecular complexity index is 297. The molecular formula is C8H11N5. The predicted molar refractivity (Wildman–Crippen MR) is 52.1 cm³/mol. The van der Waals surface area contributed by atoms with Crippen molar-refractivity contribution in [2.45, 2.75) is 0 Å². The maximum absolute atomic E-state index is 5.25. The lowest BCUT2D eigenvalue weighted by molar-refractivity contribution is 0.730. The van der Waals surface area contributed by atoms with E-state index in [0.717, 1.165) is 11.4 Å². The van der Waals surface area contributed by atoms with Crippen molar-refractivity contribution in [1.29, 1.82) is 0 Å². The molecule has 13 heavy (non-hydrogen) atoms. The van der Waals surface area contributed by atoms with E-state index in [1.807, 2.05) is 36.7 Å². The molecule has 5 nitrogen and oxygen atoms in total. The van der Waals surface area contributed by atoms with Crippen LogP contribution in [-0.4, -0.2) is 0 Å². The molecule has 0 saturated heterocycles. The van der Waals surface area contributed by atoms with Gasteiger partial charge in [-0.3, -0.25) is 16.7 Å². The summed E-state index contributed by atoms with van der Waals surface area (Å²) in [5.74, 6) is 5.25. The molecule has 68 valence electrons. The zero-order valence-corrected chi connectivity index (χ0v) is 6.99. The van der Waals surface area contributed by atoms with Gasteiger partial charge >= 0.3 is 0 Å². The van der Waals surface area contributed by atoms with Gasteiger partial charge in [0.25, 0.3) is 0 Å². The standard InChI is InChI=1S/C8H11N5/c9-12-7-1-3-8(4-2-7)13-10-5-6-11-13/h1-6,10-12H,9H2. The summed E-state index contributed by atoms with van der Waals surface area (Å²) in [5.41, 5.74) is 10.5. The molecule has 0 spiro atoms. The molecule has 1 heterocycles. The van der Waals surface area contributed by atoms with Gasteiger partial charge in [-0.05, 0) is 24.3 Å². The Morgan fingerprint density at radius 1 is 1.08 bits per heavy atom. The average molecular weight is 177 g/mol. The van der Waals surface area contributed by atoms with Crippen molar-refractivity contribution in [3.8, 4) is 0 Å². The molecule has 0 radical (unpaired) electrons. The molecule has 0 aliphatic carbocycles. The van der Waals surface area contributed by atoms with Gasteiger partial charge in [0.15, 0.2) is 0 Å². The SMILES string of the molecule is NNc1ccc(N2NC=CN2)cc1. The molecule has 1 aromatic rings. The summed E-state index contributed by atoms with van der Waals surface area (Å²) >= 11 is 0. The van der Waals surface area contributed by atoms with Crippen molar-refractivity contribution in [2.24, 2.45) is 5.84 Å². The minimum atomic E-state index is 0.885. The average Bonchev–Trinajstić information content (AvgIpc) is 2.71. The zero-order valence-electron chi connectivity index (χ0n) is 6.99. The Morgan fingerprint density at radius 3 is 2.23 bits per heavy atom. The van der Waals surface area contributed by atoms with Gasteiger partial charge in [-0.2, -0.15) is 5.12 Å². The largest absolute Gasteiger partial charge is 0.324 e. The van der Waals surface area contributed by atoms with Gasteiger partial charge in [0.1, 0.15) is 0 Å². The van der Waals surface area contributed by atoms with Crippen LogP contribution in [0.2, 0.25) is 0 Å². The van der Waals surface area contributed by atoms with E-state index in [4.69, 9.17) is 5.84 Å². The third-order valence-corrected chi connectivity index (χ3v) is 1.78. The first kappa shape index (κ1) is 7.75. The summed E-state index contributed by atoms with van der Waals surface area (Å²) in [6, 6.07) is 7.69. The molecular weight excluding hydrogens is 166 g/mol. The van der Waals surface area contributed by atoms with E-state index in [1.165, 1.54) is 0 Å². The van der Waals surface area contributed by atoms with Crippen LogP contribution in [0.1, 0.15) is 0 Å². The second-order valence-electron chi connectivity index (χ2n) is 2.62. The van der Waals surface area contributed by atoms with Crippen LogP contribution in [0.4, 0.5) is 11.4 Å². The van der Waals surface area contributed by atoms with Crippen LogP contribution in [0.25, 0.3) is 0 Å². The van der Waals surface area contributed by atoms with Gasteiger partial charge in [0.2, 0.25) is 0 Å². The molecule has 0 unspecified atom stereocenters. The van der Waals surface area contributed by atoms with E-state index in [2.05, 4.69) is 16.3 Å². The summed E-state index contributed by atoms with van der Waals surface area (Å²) in [5, 5.41) is 1.79. The number of nitrogens with one attached hydrogen (secondary N) is 3. The fourth-order valence-corrected chi connectivity index (χ4v) is 1.12. The number of anilines is 2. The van der Waals surface area contributed by atoms with Gasteiger partial charge in [0.05, 0.1) is 5.69 Å². The van der Waals surface area contributed by atoms with Crippen LogP contribution in [0.15, 0.2) is 36.7 Å². The fourth-order valence-electron chi connectivity index (χ4n) is 1.12. The first-order chi connectivity index (χ1) is 6.40. The van der Waals surface area contributed by atoms with E-state index < -0.39 is 0 Å². The lowest BCUT2D eigenvalue weighted by Crippen LogP contribution is -2.37. The number of nitrogen functional groups attached to an aromatic ring is 1. The van der Waals surface area contributed by atoms with Gasteiger partial charge < -0.3 is 5.43 Å². The lowest BCUT2D eigenvalue weighted by atomic mass is 10.3. The molecule has 0 amide bonds. The number of hydrogen-bond donors (Lipinski definition) is 4. The smallest absolute Gasteiger partial charge is 0.0812 e. The molecule has 0 atom stereocenters. The summed E-state index contributed by atoms with van der Waals surface area (Å²) in [7, 11) is 0. The van der Waals surface area contributed by atoms with E-state index in [0.29, 0.717) is 0 Å². The Morgan fingerprint density at radius 2 is 1.69 bits per heavy atom. The number of benzene rings is 1. The van der Waals surface area contributed by atoms with Crippen LogP contribution in [0.3, 0.4) is 0 Å². The molecule has 1 aliphatic rings. The maximum atomic E-state index is 5.25. The molecule has 0 fully saturated rings. The second-order valence-corrected chi connectivity index (χ2v) is 2.62. The van der Waals surface area contributed by atoms with Gasteiger partial charge in [-0.15, -0.1) is 0 Å². The van der Waals surface area contributed by atoms with Crippen molar-refractivity contribution < 1.29 is 0 Å². The molecule has 1 aliphatic heterocycles. The molecule has 0 aromatic heterocycles. The summed E-state index contributed by atoms with van der Waals surface area (Å²) in [4.78, 5) is 0. The number of hydrogen-bond acceptors (Lipinski definition) is 5. The fraction of sp³-hybridized carbons (Fsp3) is 0. The first-order valence-electron chi connectivity index (χ1n) is 3.94. The Kier molecular flexibility index (Phi) is 1.93. The Balaban J connectivity index is 2.13. The summed E-state index contributed by atoms with van der Waals surface area (Å²) in [6.45, 7) is 0. The summed E-state index contributed by atoms with van der Waals surface area (Å²) < 4.78 is 0. The maximum Gasteiger partial charge on any atom is 0.0812 e. The molecule has 1 aromatic carbocycles. The number of nitrogens with two attached hydrogens (primary N) is 1. The van der Waals surface area contributed by atoms with Gasteiger partial charge in [-0.1, -0.05) is 0 Å². The Hall–Kier alpha value is -1.88. The van der Waals surface area contributed by atoms with E-state index in [9.17, 15) is 0 Å². The number of nitrogens with zero attached hydrogens (tertiary/aromatic N) is 1. The summed E-state index contributed by atoms with van der Waals surface area (Å²) in [6.07, 6.45) is 3.63. The first-order valence-corrected chi connectivity index (χ1v) is 3.94. The van der Waals surface area contributed by atoms with E-state index in [1.54, 1.807) is 5.12 Å². The van der Waals surface area contributed by atoms with Crippen molar-refractivity contribution in [1.82, 2.24) is 10.9 Å². The predicted octanol–water partition coefficient (Wildman–Crippen LogP) is 0.273. The monoisotopic (exact) mass is 177 g/mol. The van der Waals surface area contributed by atoms with Crippen molar-refractivity contribution in [3.05, 3.63) is 36.7 Å². The normalized spacial score (nSPS) is 13.8. The highest BCUT2D eigenvalue weighted by molar-refractivity contribution is 5.54. The van der Waals surface area contributed by atoms with Gasteiger partial charge in [-0.25, -0.2) is 0 Å². The highest BCUT2D eigenvalue weighted by Gasteiger charge is 2.04. The topological polar surface area (TPSA) is 65.3 Å². The minimum absolute atomic E-state index is 0.885. The molecule has 0 saturated carbocycles. The van der Waals surface area contributed by atoms with Crippen LogP contribution < -0.4 is 27.2 Å². The van der Waals surface area contributed by atoms with E-state index >= 15 is 0 Å². The Labute approximate surface area is 76.1 Å². The zero-order chi connectivity index (χ0) is 9.10. The lowest BCUT2D eigenvalue weighted by Gasteiger charge is -2.18. The highest BCUT2D eigenvalue weighted by Crippen LogP contribution is 2.15. The van der Waals surface area contributed by atoms with E-state index in [-0.39, 0.29) is 0 Å². The van der Waals surface area contributed by atoms with Crippen LogP contribution in [0, 0.1) is 0 Å². The molecule has 5 heteroatoms. The molecule has 0 bridgehead atoms. The number of rotatable bonds is 2. The quantitative estimate of drug-likeness (QED) is 0.386. The molecule has 5 N–H and O–H groups in total. The van der Waals surface area contributed by atoms with Crippen LogP contribution >= 0.6 is 0 Å².